The molecule has 0 aromatic carbocycles. The zero-order chi connectivity index (χ0) is 15.5. The first kappa shape index (κ1) is 16.7. The smallest absolute Gasteiger partial charge is 0.323 e. The Bertz CT molecular complexity index is 355. The predicted octanol–water partition coefficient (Wildman–Crippen LogP) is 1.39. The minimum Gasteiger partial charge on any atom is -0.480 e. The average Bonchev–Trinajstić information content (AvgIpc) is 2.93. The number of likely N-dealkylation sites (N-methyl/N-ethyl adjacent to an activating group) is 1. The van der Waals surface area contributed by atoms with Gasteiger partial charge in [-0.2, -0.15) is 0 Å². The van der Waals surface area contributed by atoms with E-state index in [1.165, 1.54) is 25.9 Å². The van der Waals surface area contributed by atoms with Gasteiger partial charge in [0.25, 0.3) is 0 Å². The largest absolute Gasteiger partial charge is 0.480 e. The van der Waals surface area contributed by atoms with E-state index in [1.807, 2.05) is 6.92 Å². The molecule has 21 heavy (non-hydrogen) atoms. The van der Waals surface area contributed by atoms with Crippen LogP contribution < -0.4 is 5.32 Å². The van der Waals surface area contributed by atoms with Crippen LogP contribution in [0.25, 0.3) is 0 Å². The molecule has 0 aromatic heterocycles. The van der Waals surface area contributed by atoms with Crippen LogP contribution in [0.2, 0.25) is 0 Å². The van der Waals surface area contributed by atoms with Crippen LogP contribution in [0.3, 0.4) is 0 Å². The van der Waals surface area contributed by atoms with Crippen molar-refractivity contribution in [1.82, 2.24) is 15.1 Å². The molecule has 2 atom stereocenters. The maximum absolute atomic E-state index is 11.7. The van der Waals surface area contributed by atoms with Gasteiger partial charge in [-0.25, -0.2) is 0 Å². The maximum atomic E-state index is 11.7. The van der Waals surface area contributed by atoms with Crippen LogP contribution in [0.1, 0.15) is 46.0 Å². The SMILES string of the molecule is CCNC1(C(=O)O)CCC(N(C)C2CCN(CC)CC2)C1. The van der Waals surface area contributed by atoms with Gasteiger partial charge in [-0.3, -0.25) is 4.79 Å². The molecule has 0 aromatic rings. The molecule has 2 rings (SSSR count). The van der Waals surface area contributed by atoms with Crippen molar-refractivity contribution in [3.63, 3.8) is 0 Å². The van der Waals surface area contributed by atoms with Gasteiger partial charge in [-0.15, -0.1) is 0 Å². The lowest BCUT2D eigenvalue weighted by molar-refractivity contribution is -0.144. The van der Waals surface area contributed by atoms with Crippen molar-refractivity contribution in [3.8, 4) is 0 Å². The van der Waals surface area contributed by atoms with Crippen molar-refractivity contribution >= 4 is 5.97 Å². The Morgan fingerprint density at radius 1 is 1.29 bits per heavy atom. The van der Waals surface area contributed by atoms with Crippen LogP contribution >= 0.6 is 0 Å². The van der Waals surface area contributed by atoms with Gasteiger partial charge < -0.3 is 20.2 Å². The van der Waals surface area contributed by atoms with E-state index in [-0.39, 0.29) is 0 Å². The van der Waals surface area contributed by atoms with E-state index in [0.717, 1.165) is 32.4 Å². The summed E-state index contributed by atoms with van der Waals surface area (Å²) in [7, 11) is 2.20. The highest BCUT2D eigenvalue weighted by Crippen LogP contribution is 2.35. The molecule has 1 saturated heterocycles. The van der Waals surface area contributed by atoms with Crippen LogP contribution in [0, 0.1) is 0 Å². The summed E-state index contributed by atoms with van der Waals surface area (Å²) in [6.45, 7) is 8.42. The summed E-state index contributed by atoms with van der Waals surface area (Å²) in [6.07, 6.45) is 4.90. The molecule has 1 aliphatic carbocycles. The van der Waals surface area contributed by atoms with Gasteiger partial charge in [0, 0.05) is 12.1 Å². The Kier molecular flexibility index (Phi) is 5.63. The van der Waals surface area contributed by atoms with Crippen molar-refractivity contribution in [3.05, 3.63) is 0 Å². The summed E-state index contributed by atoms with van der Waals surface area (Å²) >= 11 is 0. The summed E-state index contributed by atoms with van der Waals surface area (Å²) in [6, 6.07) is 1.02. The van der Waals surface area contributed by atoms with Crippen molar-refractivity contribution in [2.45, 2.75) is 63.6 Å². The summed E-state index contributed by atoms with van der Waals surface area (Å²) in [5.74, 6) is -0.680. The molecule has 2 fully saturated rings. The molecule has 0 amide bonds. The average molecular weight is 297 g/mol. The Labute approximate surface area is 128 Å². The lowest BCUT2D eigenvalue weighted by Gasteiger charge is -2.39. The first-order valence-electron chi connectivity index (χ1n) is 8.45. The molecule has 122 valence electrons. The van der Waals surface area contributed by atoms with Crippen LogP contribution in [0.4, 0.5) is 0 Å². The Balaban J connectivity index is 1.92. The van der Waals surface area contributed by atoms with Gasteiger partial charge in [0.05, 0.1) is 0 Å². The molecule has 1 heterocycles. The van der Waals surface area contributed by atoms with E-state index < -0.39 is 11.5 Å². The number of piperidine rings is 1. The molecule has 2 N–H and O–H groups in total. The summed E-state index contributed by atoms with van der Waals surface area (Å²) < 4.78 is 0. The number of carboxylic acid groups (broad SMARTS) is 1. The molecule has 0 bridgehead atoms. The van der Waals surface area contributed by atoms with Crippen LogP contribution in [0.15, 0.2) is 0 Å². The molecule has 0 radical (unpaired) electrons. The van der Waals surface area contributed by atoms with Crippen molar-refractivity contribution in [2.75, 3.05) is 33.2 Å². The van der Waals surface area contributed by atoms with Crippen LogP contribution in [-0.4, -0.2) is 71.7 Å². The zero-order valence-electron chi connectivity index (χ0n) is 13.8. The maximum Gasteiger partial charge on any atom is 0.323 e. The minimum absolute atomic E-state index is 0.401. The second-order valence-corrected chi connectivity index (χ2v) is 6.65. The van der Waals surface area contributed by atoms with Gasteiger partial charge in [-0.1, -0.05) is 13.8 Å². The molecular formula is C16H31N3O2. The van der Waals surface area contributed by atoms with Crippen LogP contribution in [0.5, 0.6) is 0 Å². The van der Waals surface area contributed by atoms with Crippen molar-refractivity contribution in [2.24, 2.45) is 0 Å². The fourth-order valence-corrected chi connectivity index (χ4v) is 4.08. The first-order chi connectivity index (χ1) is 10.0. The Morgan fingerprint density at radius 3 is 2.48 bits per heavy atom. The number of likely N-dealkylation sites (tertiary alicyclic amines) is 1. The van der Waals surface area contributed by atoms with E-state index in [2.05, 4.69) is 29.1 Å². The second kappa shape index (κ2) is 7.07. The number of nitrogens with one attached hydrogen (secondary N) is 1. The summed E-state index contributed by atoms with van der Waals surface area (Å²) in [5, 5.41) is 12.8. The number of nitrogens with zero attached hydrogens (tertiary/aromatic N) is 2. The van der Waals surface area contributed by atoms with E-state index in [1.54, 1.807) is 0 Å². The molecule has 1 saturated carbocycles. The molecule has 2 aliphatic rings. The highest BCUT2D eigenvalue weighted by molar-refractivity contribution is 5.79. The summed E-state index contributed by atoms with van der Waals surface area (Å²) in [4.78, 5) is 16.6. The fourth-order valence-electron chi connectivity index (χ4n) is 4.08. The standard InChI is InChI=1S/C16H31N3O2/c1-4-17-16(15(20)21)9-6-14(12-16)18(3)13-7-10-19(5-2)11-8-13/h13-14,17H,4-12H2,1-3H3,(H,20,21). The van der Waals surface area contributed by atoms with Crippen LogP contribution in [-0.2, 0) is 4.79 Å². The summed E-state index contributed by atoms with van der Waals surface area (Å²) in [5.41, 5.74) is -0.697. The molecule has 1 aliphatic heterocycles. The lowest BCUT2D eigenvalue weighted by atomic mass is 9.96. The van der Waals surface area contributed by atoms with Gasteiger partial charge in [0.1, 0.15) is 5.54 Å². The topological polar surface area (TPSA) is 55.8 Å². The number of carboxylic acids is 1. The minimum atomic E-state index is -0.697. The van der Waals surface area contributed by atoms with Crippen molar-refractivity contribution < 1.29 is 9.90 Å². The van der Waals surface area contributed by atoms with E-state index in [9.17, 15) is 9.90 Å². The van der Waals surface area contributed by atoms with Gasteiger partial charge >= 0.3 is 5.97 Å². The monoisotopic (exact) mass is 297 g/mol. The lowest BCUT2D eigenvalue weighted by Crippen LogP contribution is -2.52. The number of carbonyl (C=O) groups is 1. The normalized spacial score (nSPS) is 31.9. The van der Waals surface area contributed by atoms with E-state index in [4.69, 9.17) is 0 Å². The van der Waals surface area contributed by atoms with Gasteiger partial charge in [0.15, 0.2) is 0 Å². The second-order valence-electron chi connectivity index (χ2n) is 6.65. The third kappa shape index (κ3) is 3.58. The first-order valence-corrected chi connectivity index (χ1v) is 8.45. The van der Waals surface area contributed by atoms with Gasteiger partial charge in [-0.05, 0) is 65.3 Å². The Hall–Kier alpha value is -0.650. The number of aliphatic carboxylic acids is 1. The van der Waals surface area contributed by atoms with Gasteiger partial charge in [0.2, 0.25) is 0 Å². The number of hydrogen-bond acceptors (Lipinski definition) is 4. The predicted molar refractivity (Wildman–Crippen MR) is 84.6 cm³/mol. The fraction of sp³-hybridized carbons (Fsp3) is 0.938. The number of hydrogen-bond donors (Lipinski definition) is 2. The van der Waals surface area contributed by atoms with E-state index in [0.29, 0.717) is 12.1 Å². The van der Waals surface area contributed by atoms with E-state index >= 15 is 0 Å². The molecule has 5 nitrogen and oxygen atoms in total. The highest BCUT2D eigenvalue weighted by Gasteiger charge is 2.46. The highest BCUT2D eigenvalue weighted by atomic mass is 16.4. The quantitative estimate of drug-likeness (QED) is 0.776. The van der Waals surface area contributed by atoms with Crippen molar-refractivity contribution in [1.29, 1.82) is 0 Å². The number of rotatable bonds is 6. The zero-order valence-corrected chi connectivity index (χ0v) is 13.8. The molecule has 2 unspecified atom stereocenters. The molecular weight excluding hydrogens is 266 g/mol. The third-order valence-corrected chi connectivity index (χ3v) is 5.57. The molecule has 5 heteroatoms. The molecule has 0 spiro atoms. The Morgan fingerprint density at radius 2 is 1.95 bits per heavy atom. The third-order valence-electron chi connectivity index (χ3n) is 5.57.